The minimum Gasteiger partial charge on any atom is -0.633 e. The number of aliphatic hydroxyl groups is 1. The summed E-state index contributed by atoms with van der Waals surface area (Å²) in [7, 11) is 1.57. The van der Waals surface area contributed by atoms with Gasteiger partial charge >= 0.3 is 0 Å². The number of nitrogens with zero attached hydrogens (tertiary/aromatic N) is 1. The first-order valence-electron chi connectivity index (χ1n) is 4.34. The molecular formula is C10H15NO2. The van der Waals surface area contributed by atoms with Crippen molar-refractivity contribution in [2.45, 2.75) is 6.54 Å². The van der Waals surface area contributed by atoms with Gasteiger partial charge in [0, 0.05) is 5.56 Å². The molecule has 0 fully saturated rings. The van der Waals surface area contributed by atoms with Gasteiger partial charge in [-0.3, -0.25) is 0 Å². The van der Waals surface area contributed by atoms with Gasteiger partial charge in [-0.1, -0.05) is 30.3 Å². The van der Waals surface area contributed by atoms with Crippen molar-refractivity contribution in [3.8, 4) is 0 Å². The van der Waals surface area contributed by atoms with Crippen molar-refractivity contribution in [2.24, 2.45) is 0 Å². The summed E-state index contributed by atoms with van der Waals surface area (Å²) in [5.41, 5.74) is 1.01. The normalized spacial score (nSPS) is 15.3. The van der Waals surface area contributed by atoms with Crippen LogP contribution in [0.2, 0.25) is 0 Å². The Hall–Kier alpha value is -0.900. The summed E-state index contributed by atoms with van der Waals surface area (Å²) in [6.45, 7) is 0.600. The summed E-state index contributed by atoms with van der Waals surface area (Å²) in [5, 5.41) is 20.3. The van der Waals surface area contributed by atoms with Crippen LogP contribution in [0, 0.1) is 5.21 Å². The average Bonchev–Trinajstić information content (AvgIpc) is 2.04. The standard InChI is InChI=1S/C10H15NO2/c1-11(13,7-8-12)9-10-5-3-2-4-6-10/h2-6,12H,7-9H2,1H3. The van der Waals surface area contributed by atoms with Gasteiger partial charge in [0.05, 0.1) is 13.7 Å². The van der Waals surface area contributed by atoms with Gasteiger partial charge in [0.25, 0.3) is 0 Å². The number of benzene rings is 1. The van der Waals surface area contributed by atoms with Crippen molar-refractivity contribution in [1.82, 2.24) is 0 Å². The Kier molecular flexibility index (Phi) is 3.42. The van der Waals surface area contributed by atoms with E-state index in [-0.39, 0.29) is 13.2 Å². The number of quaternary nitrogens is 1. The van der Waals surface area contributed by atoms with E-state index in [1.165, 1.54) is 0 Å². The van der Waals surface area contributed by atoms with E-state index >= 15 is 0 Å². The number of likely N-dealkylation sites (N-methyl/N-ethyl adjacent to an activating group) is 1. The van der Waals surface area contributed by atoms with Crippen LogP contribution < -0.4 is 0 Å². The third kappa shape index (κ3) is 3.55. The summed E-state index contributed by atoms with van der Waals surface area (Å²) in [4.78, 5) is 0. The molecule has 0 aliphatic carbocycles. The van der Waals surface area contributed by atoms with Crippen molar-refractivity contribution < 1.29 is 9.75 Å². The Bertz CT molecular complexity index is 246. The highest BCUT2D eigenvalue weighted by atomic mass is 16.5. The van der Waals surface area contributed by atoms with Crippen LogP contribution in [0.15, 0.2) is 30.3 Å². The highest BCUT2D eigenvalue weighted by molar-refractivity contribution is 5.13. The highest BCUT2D eigenvalue weighted by Gasteiger charge is 2.09. The van der Waals surface area contributed by atoms with Crippen LogP contribution in [0.25, 0.3) is 0 Å². The van der Waals surface area contributed by atoms with Crippen LogP contribution in [-0.4, -0.2) is 30.0 Å². The molecule has 3 heteroatoms. The molecule has 0 bridgehead atoms. The second kappa shape index (κ2) is 4.37. The molecule has 0 aromatic heterocycles. The summed E-state index contributed by atoms with van der Waals surface area (Å²) >= 11 is 0. The average molecular weight is 181 g/mol. The van der Waals surface area contributed by atoms with Gasteiger partial charge < -0.3 is 15.0 Å². The van der Waals surface area contributed by atoms with Crippen LogP contribution in [-0.2, 0) is 6.54 Å². The molecule has 1 N–H and O–H groups in total. The smallest absolute Gasteiger partial charge is 0.104 e. The maximum atomic E-state index is 11.6. The van der Waals surface area contributed by atoms with Crippen LogP contribution in [0.1, 0.15) is 5.56 Å². The zero-order valence-electron chi connectivity index (χ0n) is 7.81. The van der Waals surface area contributed by atoms with Crippen LogP contribution in [0.5, 0.6) is 0 Å². The molecule has 0 radical (unpaired) electrons. The van der Waals surface area contributed by atoms with Gasteiger partial charge in [-0.2, -0.15) is 0 Å². The van der Waals surface area contributed by atoms with Crippen LogP contribution in [0.3, 0.4) is 0 Å². The number of hydrogen-bond acceptors (Lipinski definition) is 2. The van der Waals surface area contributed by atoms with Gasteiger partial charge in [-0.25, -0.2) is 0 Å². The monoisotopic (exact) mass is 181 g/mol. The lowest BCUT2D eigenvalue weighted by Crippen LogP contribution is -2.39. The lowest BCUT2D eigenvalue weighted by Gasteiger charge is -2.38. The van der Waals surface area contributed by atoms with Gasteiger partial charge in [-0.05, 0) is 0 Å². The first kappa shape index (κ1) is 10.2. The second-order valence-electron chi connectivity index (χ2n) is 3.39. The van der Waals surface area contributed by atoms with E-state index in [4.69, 9.17) is 5.11 Å². The Morgan fingerprint density at radius 3 is 2.46 bits per heavy atom. The Balaban J connectivity index is 2.58. The van der Waals surface area contributed by atoms with E-state index in [9.17, 15) is 5.21 Å². The fraction of sp³-hybridized carbons (Fsp3) is 0.400. The van der Waals surface area contributed by atoms with Gasteiger partial charge in [0.15, 0.2) is 0 Å². The van der Waals surface area contributed by atoms with Gasteiger partial charge in [-0.15, -0.1) is 0 Å². The molecule has 0 heterocycles. The van der Waals surface area contributed by atoms with Crippen molar-refractivity contribution in [3.05, 3.63) is 41.1 Å². The fourth-order valence-corrected chi connectivity index (χ4v) is 1.26. The van der Waals surface area contributed by atoms with E-state index in [0.717, 1.165) is 5.56 Å². The fourth-order valence-electron chi connectivity index (χ4n) is 1.26. The SMILES string of the molecule is C[N+]([O-])(CCO)Cc1ccccc1. The molecule has 13 heavy (non-hydrogen) atoms. The molecule has 0 saturated carbocycles. The number of hydrogen-bond donors (Lipinski definition) is 1. The first-order valence-corrected chi connectivity index (χ1v) is 4.34. The third-order valence-corrected chi connectivity index (χ3v) is 1.93. The molecule has 0 aliphatic rings. The molecule has 1 atom stereocenters. The predicted molar refractivity (Wildman–Crippen MR) is 51.7 cm³/mol. The van der Waals surface area contributed by atoms with Gasteiger partial charge in [0.2, 0.25) is 0 Å². The minimum absolute atomic E-state index is 0.0627. The molecule has 1 aromatic carbocycles. The maximum Gasteiger partial charge on any atom is 0.104 e. The van der Waals surface area contributed by atoms with E-state index in [2.05, 4.69) is 0 Å². The summed E-state index contributed by atoms with van der Waals surface area (Å²) < 4.78 is -0.416. The Morgan fingerprint density at radius 1 is 1.31 bits per heavy atom. The number of hydroxylamine groups is 3. The van der Waals surface area contributed by atoms with Crippen molar-refractivity contribution in [2.75, 3.05) is 20.2 Å². The summed E-state index contributed by atoms with van der Waals surface area (Å²) in [6.07, 6.45) is 0. The molecular weight excluding hydrogens is 166 g/mol. The maximum absolute atomic E-state index is 11.6. The Morgan fingerprint density at radius 2 is 1.92 bits per heavy atom. The van der Waals surface area contributed by atoms with E-state index in [1.807, 2.05) is 30.3 Å². The molecule has 0 aliphatic heterocycles. The predicted octanol–water partition coefficient (Wildman–Crippen LogP) is 1.12. The number of rotatable bonds is 4. The first-order chi connectivity index (χ1) is 6.14. The quantitative estimate of drug-likeness (QED) is 0.559. The lowest BCUT2D eigenvalue weighted by molar-refractivity contribution is -0.874. The largest absolute Gasteiger partial charge is 0.633 e. The topological polar surface area (TPSA) is 43.3 Å². The molecule has 1 aromatic rings. The Labute approximate surface area is 78.4 Å². The third-order valence-electron chi connectivity index (χ3n) is 1.93. The highest BCUT2D eigenvalue weighted by Crippen LogP contribution is 2.08. The molecule has 0 spiro atoms. The van der Waals surface area contributed by atoms with Crippen LogP contribution >= 0.6 is 0 Å². The second-order valence-corrected chi connectivity index (χ2v) is 3.39. The molecule has 0 amide bonds. The van der Waals surface area contributed by atoms with Crippen molar-refractivity contribution >= 4 is 0 Å². The summed E-state index contributed by atoms with van der Waals surface area (Å²) in [6, 6.07) is 9.59. The molecule has 3 nitrogen and oxygen atoms in total. The van der Waals surface area contributed by atoms with Crippen LogP contribution in [0.4, 0.5) is 0 Å². The zero-order valence-corrected chi connectivity index (χ0v) is 7.81. The van der Waals surface area contributed by atoms with Gasteiger partial charge in [0.1, 0.15) is 13.1 Å². The molecule has 1 rings (SSSR count). The molecule has 1 unspecified atom stereocenters. The summed E-state index contributed by atoms with van der Waals surface area (Å²) in [5.74, 6) is 0. The lowest BCUT2D eigenvalue weighted by atomic mass is 10.2. The number of aliphatic hydroxyl groups excluding tert-OH is 1. The van der Waals surface area contributed by atoms with E-state index in [1.54, 1.807) is 7.05 Å². The van der Waals surface area contributed by atoms with E-state index in [0.29, 0.717) is 6.54 Å². The van der Waals surface area contributed by atoms with Crippen molar-refractivity contribution in [1.29, 1.82) is 0 Å². The molecule has 0 saturated heterocycles. The molecule has 72 valence electrons. The van der Waals surface area contributed by atoms with Crippen molar-refractivity contribution in [3.63, 3.8) is 0 Å². The zero-order chi connectivity index (χ0) is 9.73. The minimum atomic E-state index is -0.416. The van der Waals surface area contributed by atoms with E-state index < -0.39 is 4.65 Å².